The van der Waals surface area contributed by atoms with E-state index in [0.717, 1.165) is 30.2 Å². The highest BCUT2D eigenvalue weighted by molar-refractivity contribution is 7.80. The van der Waals surface area contributed by atoms with Crippen LogP contribution in [0.2, 0.25) is 0 Å². The van der Waals surface area contributed by atoms with Gasteiger partial charge in [0.15, 0.2) is 5.11 Å². The third kappa shape index (κ3) is 10.2. The minimum atomic E-state index is 0.634. The molecule has 2 N–H and O–H groups in total. The smallest absolute Gasteiger partial charge is 0.170 e. The molecule has 5 heteroatoms. The lowest BCUT2D eigenvalue weighted by Gasteiger charge is -2.13. The highest BCUT2D eigenvalue weighted by atomic mass is 32.1. The molecule has 0 fully saturated rings. The van der Waals surface area contributed by atoms with E-state index in [0.29, 0.717) is 5.11 Å². The van der Waals surface area contributed by atoms with Gasteiger partial charge in [-0.25, -0.2) is 0 Å². The molecule has 0 amide bonds. The van der Waals surface area contributed by atoms with E-state index in [1.165, 1.54) is 51.4 Å². The van der Waals surface area contributed by atoms with Crippen molar-refractivity contribution < 1.29 is 9.47 Å². The second-order valence-electron chi connectivity index (χ2n) is 6.31. The first-order chi connectivity index (χ1) is 12.2. The van der Waals surface area contributed by atoms with Crippen molar-refractivity contribution in [2.75, 3.05) is 26.1 Å². The summed E-state index contributed by atoms with van der Waals surface area (Å²) in [6, 6.07) is 5.63. The number of hydrogen-bond acceptors (Lipinski definition) is 3. The molecule has 0 saturated carbocycles. The fourth-order valence-corrected chi connectivity index (χ4v) is 2.91. The summed E-state index contributed by atoms with van der Waals surface area (Å²) >= 11 is 5.35. The van der Waals surface area contributed by atoms with Crippen LogP contribution in [0, 0.1) is 0 Å². The normalized spacial score (nSPS) is 10.4. The Hall–Kier alpha value is -1.49. The fourth-order valence-electron chi connectivity index (χ4n) is 2.69. The van der Waals surface area contributed by atoms with Gasteiger partial charge in [0.1, 0.15) is 11.5 Å². The Morgan fingerprint density at radius 3 is 1.88 bits per heavy atom. The molecule has 0 aromatic heterocycles. The van der Waals surface area contributed by atoms with Crippen LogP contribution in [0.1, 0.15) is 64.7 Å². The number of benzene rings is 1. The number of unbranched alkanes of at least 4 members (excludes halogenated alkanes) is 8. The summed E-state index contributed by atoms with van der Waals surface area (Å²) in [4.78, 5) is 0. The van der Waals surface area contributed by atoms with E-state index in [1.54, 1.807) is 14.2 Å². The van der Waals surface area contributed by atoms with Gasteiger partial charge in [0.25, 0.3) is 0 Å². The minimum Gasteiger partial charge on any atom is -0.497 e. The molecule has 4 nitrogen and oxygen atoms in total. The number of thiocarbonyl (C=S) groups is 1. The highest BCUT2D eigenvalue weighted by Crippen LogP contribution is 2.25. The predicted molar refractivity (Wildman–Crippen MR) is 111 cm³/mol. The molecule has 142 valence electrons. The van der Waals surface area contributed by atoms with Gasteiger partial charge >= 0.3 is 0 Å². The van der Waals surface area contributed by atoms with Gasteiger partial charge in [0.2, 0.25) is 0 Å². The van der Waals surface area contributed by atoms with E-state index in [9.17, 15) is 0 Å². The lowest BCUT2D eigenvalue weighted by Crippen LogP contribution is -2.29. The van der Waals surface area contributed by atoms with E-state index >= 15 is 0 Å². The van der Waals surface area contributed by atoms with Crippen LogP contribution >= 0.6 is 12.2 Å². The van der Waals surface area contributed by atoms with E-state index in [4.69, 9.17) is 21.7 Å². The van der Waals surface area contributed by atoms with Gasteiger partial charge in [-0.1, -0.05) is 58.3 Å². The maximum absolute atomic E-state index is 5.35. The molecule has 0 aliphatic carbocycles. The zero-order chi connectivity index (χ0) is 18.3. The van der Waals surface area contributed by atoms with Crippen LogP contribution in [-0.2, 0) is 0 Å². The molecule has 1 aromatic rings. The molecule has 0 atom stereocenters. The number of hydrogen-bond donors (Lipinski definition) is 2. The van der Waals surface area contributed by atoms with Crippen LogP contribution in [0.15, 0.2) is 18.2 Å². The molecule has 0 spiro atoms. The average molecular weight is 367 g/mol. The monoisotopic (exact) mass is 366 g/mol. The molecule has 0 unspecified atom stereocenters. The van der Waals surface area contributed by atoms with Crippen LogP contribution < -0.4 is 20.1 Å². The molecule has 0 bridgehead atoms. The summed E-state index contributed by atoms with van der Waals surface area (Å²) in [6.45, 7) is 3.17. The van der Waals surface area contributed by atoms with Crippen LogP contribution in [0.3, 0.4) is 0 Å². The molecule has 0 heterocycles. The van der Waals surface area contributed by atoms with Crippen molar-refractivity contribution in [3.63, 3.8) is 0 Å². The van der Waals surface area contributed by atoms with Gasteiger partial charge in [-0.05, 0) is 18.6 Å². The van der Waals surface area contributed by atoms with E-state index in [1.807, 2.05) is 18.2 Å². The first kappa shape index (κ1) is 21.6. The highest BCUT2D eigenvalue weighted by Gasteiger charge is 2.03. The van der Waals surface area contributed by atoms with E-state index < -0.39 is 0 Å². The Kier molecular flexibility index (Phi) is 11.9. The summed E-state index contributed by atoms with van der Waals surface area (Å²) in [5.41, 5.74) is 0.862. The minimum absolute atomic E-state index is 0.634. The van der Waals surface area contributed by atoms with Crippen molar-refractivity contribution in [2.24, 2.45) is 0 Å². The van der Waals surface area contributed by atoms with Gasteiger partial charge < -0.3 is 20.1 Å². The average Bonchev–Trinajstić information content (AvgIpc) is 2.62. The lowest BCUT2D eigenvalue weighted by molar-refractivity contribution is 0.395. The van der Waals surface area contributed by atoms with Crippen LogP contribution in [0.25, 0.3) is 0 Å². The standard InChI is InChI=1S/C20H34N2O2S/c1-4-5-6-7-8-9-10-11-12-13-21-20(25)22-17-14-18(23-2)16-19(15-17)24-3/h14-16H,4-13H2,1-3H3,(H2,21,22,25). The maximum atomic E-state index is 5.35. The molecular weight excluding hydrogens is 332 g/mol. The molecular formula is C20H34N2O2S. The number of rotatable bonds is 13. The Morgan fingerprint density at radius 1 is 0.840 bits per heavy atom. The second kappa shape index (κ2) is 13.8. The summed E-state index contributed by atoms with van der Waals surface area (Å²) in [7, 11) is 3.28. The third-order valence-corrected chi connectivity index (χ3v) is 4.42. The quantitative estimate of drug-likeness (QED) is 0.355. The molecule has 1 aromatic carbocycles. The van der Waals surface area contributed by atoms with Gasteiger partial charge in [-0.3, -0.25) is 0 Å². The van der Waals surface area contributed by atoms with Crippen molar-refractivity contribution in [1.29, 1.82) is 0 Å². The number of ether oxygens (including phenoxy) is 2. The first-order valence-electron chi connectivity index (χ1n) is 9.47. The Morgan fingerprint density at radius 2 is 1.36 bits per heavy atom. The number of methoxy groups -OCH3 is 2. The summed E-state index contributed by atoms with van der Waals surface area (Å²) in [5, 5.41) is 7.08. The number of anilines is 1. The van der Waals surface area contributed by atoms with E-state index in [2.05, 4.69) is 17.6 Å². The zero-order valence-electron chi connectivity index (χ0n) is 16.0. The van der Waals surface area contributed by atoms with Gasteiger partial charge in [0, 0.05) is 30.4 Å². The van der Waals surface area contributed by atoms with Crippen molar-refractivity contribution >= 4 is 23.0 Å². The third-order valence-electron chi connectivity index (χ3n) is 4.18. The molecule has 25 heavy (non-hydrogen) atoms. The lowest BCUT2D eigenvalue weighted by atomic mass is 10.1. The molecule has 0 radical (unpaired) electrons. The molecule has 0 saturated heterocycles. The molecule has 0 aliphatic heterocycles. The summed E-state index contributed by atoms with van der Waals surface area (Å²) < 4.78 is 10.5. The Balaban J connectivity index is 2.13. The predicted octanol–water partition coefficient (Wildman–Crippen LogP) is 5.52. The summed E-state index contributed by atoms with van der Waals surface area (Å²) in [6.07, 6.45) is 12.0. The van der Waals surface area contributed by atoms with Gasteiger partial charge in [-0.15, -0.1) is 0 Å². The summed E-state index contributed by atoms with van der Waals surface area (Å²) in [5.74, 6) is 1.48. The SMILES string of the molecule is CCCCCCCCCCCNC(=S)Nc1cc(OC)cc(OC)c1. The van der Waals surface area contributed by atoms with Crippen LogP contribution in [0.5, 0.6) is 11.5 Å². The van der Waals surface area contributed by atoms with Crippen molar-refractivity contribution in [1.82, 2.24) is 5.32 Å². The van der Waals surface area contributed by atoms with Crippen LogP contribution in [-0.4, -0.2) is 25.9 Å². The van der Waals surface area contributed by atoms with Crippen molar-refractivity contribution in [2.45, 2.75) is 64.7 Å². The topological polar surface area (TPSA) is 42.5 Å². The molecule has 1 rings (SSSR count). The number of nitrogens with one attached hydrogen (secondary N) is 2. The van der Waals surface area contributed by atoms with Crippen molar-refractivity contribution in [3.05, 3.63) is 18.2 Å². The van der Waals surface area contributed by atoms with Crippen LogP contribution in [0.4, 0.5) is 5.69 Å². The zero-order valence-corrected chi connectivity index (χ0v) is 16.8. The molecule has 0 aliphatic rings. The fraction of sp³-hybridized carbons (Fsp3) is 0.650. The second-order valence-corrected chi connectivity index (χ2v) is 6.72. The maximum Gasteiger partial charge on any atom is 0.170 e. The largest absolute Gasteiger partial charge is 0.497 e. The van der Waals surface area contributed by atoms with Gasteiger partial charge in [0.05, 0.1) is 14.2 Å². The van der Waals surface area contributed by atoms with Crippen molar-refractivity contribution in [3.8, 4) is 11.5 Å². The van der Waals surface area contributed by atoms with E-state index in [-0.39, 0.29) is 0 Å². The Labute approximate surface area is 158 Å². The first-order valence-corrected chi connectivity index (χ1v) is 9.88. The Bertz CT molecular complexity index is 472. The van der Waals surface area contributed by atoms with Gasteiger partial charge in [-0.2, -0.15) is 0 Å².